The molecule has 1 saturated carbocycles. The number of anilines is 1. The second kappa shape index (κ2) is 7.28. The summed E-state index contributed by atoms with van der Waals surface area (Å²) in [5, 5.41) is 3.81. The summed E-state index contributed by atoms with van der Waals surface area (Å²) < 4.78 is 0.757. The Balaban J connectivity index is 2.00. The minimum absolute atomic E-state index is 0.126. The van der Waals surface area contributed by atoms with Crippen LogP contribution < -0.4 is 16.6 Å². The highest BCUT2D eigenvalue weighted by atomic mass is 79.9. The molecule has 20 heavy (non-hydrogen) atoms. The van der Waals surface area contributed by atoms with E-state index in [2.05, 4.69) is 37.9 Å². The lowest BCUT2D eigenvalue weighted by Crippen LogP contribution is -2.38. The summed E-state index contributed by atoms with van der Waals surface area (Å²) in [6.45, 7) is 0. The van der Waals surface area contributed by atoms with Crippen molar-refractivity contribution in [1.29, 1.82) is 0 Å². The highest BCUT2D eigenvalue weighted by Gasteiger charge is 2.23. The Morgan fingerprint density at radius 1 is 1.45 bits per heavy atom. The van der Waals surface area contributed by atoms with E-state index in [4.69, 9.17) is 5.84 Å². The molecule has 1 amide bonds. The van der Waals surface area contributed by atoms with Gasteiger partial charge in [-0.1, -0.05) is 0 Å². The van der Waals surface area contributed by atoms with Crippen molar-refractivity contribution in [1.82, 2.24) is 10.3 Å². The number of rotatable bonds is 4. The van der Waals surface area contributed by atoms with E-state index in [0.717, 1.165) is 35.4 Å². The number of aromatic nitrogens is 1. The number of nitrogen functional groups attached to an aromatic ring is 1. The molecule has 0 atom stereocenters. The van der Waals surface area contributed by atoms with Gasteiger partial charge in [-0.25, -0.2) is 10.8 Å². The van der Waals surface area contributed by atoms with Crippen molar-refractivity contribution in [2.45, 2.75) is 37.0 Å². The third-order valence-electron chi connectivity index (χ3n) is 3.58. The molecule has 2 rings (SSSR count). The molecule has 0 aliphatic heterocycles. The monoisotopic (exact) mass is 358 g/mol. The number of nitrogens with zero attached hydrogens (tertiary/aromatic N) is 1. The van der Waals surface area contributed by atoms with Crippen molar-refractivity contribution < 1.29 is 4.79 Å². The average molecular weight is 359 g/mol. The van der Waals surface area contributed by atoms with Gasteiger partial charge in [0.15, 0.2) is 5.82 Å². The Kier molecular flexibility index (Phi) is 5.68. The van der Waals surface area contributed by atoms with Gasteiger partial charge in [-0.15, -0.1) is 0 Å². The van der Waals surface area contributed by atoms with Crippen LogP contribution >= 0.6 is 27.7 Å². The maximum absolute atomic E-state index is 12.3. The zero-order chi connectivity index (χ0) is 14.5. The molecule has 0 aromatic carbocycles. The molecule has 0 unspecified atom stereocenters. The van der Waals surface area contributed by atoms with Crippen molar-refractivity contribution >= 4 is 39.4 Å². The Bertz CT molecular complexity index is 477. The van der Waals surface area contributed by atoms with Crippen LogP contribution in [0, 0.1) is 0 Å². The van der Waals surface area contributed by atoms with Gasteiger partial charge in [0.2, 0.25) is 0 Å². The molecule has 110 valence electrons. The van der Waals surface area contributed by atoms with Crippen LogP contribution in [0.3, 0.4) is 0 Å². The number of carbonyl (C=O) groups excluding carboxylic acids is 1. The Morgan fingerprint density at radius 2 is 2.15 bits per heavy atom. The molecule has 0 radical (unpaired) electrons. The van der Waals surface area contributed by atoms with Crippen LogP contribution in [0.15, 0.2) is 16.7 Å². The largest absolute Gasteiger partial charge is 0.349 e. The maximum atomic E-state index is 12.3. The molecule has 7 heteroatoms. The first-order valence-corrected chi connectivity index (χ1v) is 8.68. The van der Waals surface area contributed by atoms with E-state index in [1.807, 2.05) is 11.8 Å². The lowest BCUT2D eigenvalue weighted by atomic mass is 9.95. The highest BCUT2D eigenvalue weighted by Crippen LogP contribution is 2.27. The number of amides is 1. The maximum Gasteiger partial charge on any atom is 0.255 e. The van der Waals surface area contributed by atoms with Crippen LogP contribution in [0.5, 0.6) is 0 Å². The Labute approximate surface area is 131 Å². The van der Waals surface area contributed by atoms with E-state index in [0.29, 0.717) is 11.4 Å². The molecular formula is C13H19BrN4OS. The van der Waals surface area contributed by atoms with Crippen molar-refractivity contribution in [3.8, 4) is 0 Å². The standard InChI is InChI=1S/C13H19BrN4OS/c1-20-10-4-2-9(3-5-10)17-13(19)11-6-8(14)7-16-12(11)18-15/h6-7,9-10H,2-5,15H2,1H3,(H,16,18)(H,17,19). The predicted molar refractivity (Wildman–Crippen MR) is 86.8 cm³/mol. The van der Waals surface area contributed by atoms with E-state index in [-0.39, 0.29) is 11.9 Å². The van der Waals surface area contributed by atoms with Gasteiger partial charge in [-0.3, -0.25) is 4.79 Å². The molecule has 0 bridgehead atoms. The smallest absolute Gasteiger partial charge is 0.255 e. The topological polar surface area (TPSA) is 80.0 Å². The van der Waals surface area contributed by atoms with Gasteiger partial charge in [0.1, 0.15) is 0 Å². The minimum atomic E-state index is -0.126. The summed E-state index contributed by atoms with van der Waals surface area (Å²) in [5.41, 5.74) is 2.93. The van der Waals surface area contributed by atoms with Gasteiger partial charge >= 0.3 is 0 Å². The third kappa shape index (κ3) is 3.86. The second-order valence-electron chi connectivity index (χ2n) is 4.88. The third-order valence-corrected chi connectivity index (χ3v) is 5.15. The summed E-state index contributed by atoms with van der Waals surface area (Å²) >= 11 is 5.24. The van der Waals surface area contributed by atoms with E-state index in [9.17, 15) is 4.79 Å². The van der Waals surface area contributed by atoms with Crippen LogP contribution in [-0.4, -0.2) is 28.4 Å². The second-order valence-corrected chi connectivity index (χ2v) is 6.93. The van der Waals surface area contributed by atoms with Crippen LogP contribution in [0.1, 0.15) is 36.0 Å². The molecule has 0 spiro atoms. The number of nitrogens with one attached hydrogen (secondary N) is 2. The van der Waals surface area contributed by atoms with Crippen molar-refractivity contribution in [3.63, 3.8) is 0 Å². The number of hydrogen-bond donors (Lipinski definition) is 3. The number of hydrogen-bond acceptors (Lipinski definition) is 5. The van der Waals surface area contributed by atoms with Crippen LogP contribution in [0.4, 0.5) is 5.82 Å². The lowest BCUT2D eigenvalue weighted by molar-refractivity contribution is 0.0928. The van der Waals surface area contributed by atoms with Gasteiger partial charge in [0.05, 0.1) is 5.56 Å². The van der Waals surface area contributed by atoms with Crippen molar-refractivity contribution in [2.24, 2.45) is 5.84 Å². The van der Waals surface area contributed by atoms with E-state index in [1.165, 1.54) is 0 Å². The van der Waals surface area contributed by atoms with Crippen molar-refractivity contribution in [2.75, 3.05) is 11.7 Å². The van der Waals surface area contributed by atoms with Gasteiger partial charge < -0.3 is 10.7 Å². The minimum Gasteiger partial charge on any atom is -0.349 e. The zero-order valence-electron chi connectivity index (χ0n) is 11.4. The SMILES string of the molecule is CSC1CCC(NC(=O)c2cc(Br)cnc2NN)CC1. The number of thioether (sulfide) groups is 1. The Morgan fingerprint density at radius 3 is 2.75 bits per heavy atom. The fourth-order valence-corrected chi connectivity index (χ4v) is 3.51. The van der Waals surface area contributed by atoms with E-state index >= 15 is 0 Å². The first-order chi connectivity index (χ1) is 9.63. The molecule has 1 fully saturated rings. The van der Waals surface area contributed by atoms with Gasteiger partial charge in [0.25, 0.3) is 5.91 Å². The van der Waals surface area contributed by atoms with Gasteiger partial charge in [0, 0.05) is 22.0 Å². The summed E-state index contributed by atoms with van der Waals surface area (Å²) in [4.78, 5) is 16.4. The predicted octanol–water partition coefficient (Wildman–Crippen LogP) is 2.53. The molecule has 5 nitrogen and oxygen atoms in total. The van der Waals surface area contributed by atoms with Crippen LogP contribution in [0.25, 0.3) is 0 Å². The summed E-state index contributed by atoms with van der Waals surface area (Å²) in [6, 6.07) is 1.97. The number of carbonyl (C=O) groups is 1. The van der Waals surface area contributed by atoms with E-state index in [1.54, 1.807) is 12.3 Å². The fourth-order valence-electron chi connectivity index (χ4n) is 2.43. The molecule has 1 aromatic rings. The normalized spacial score (nSPS) is 22.4. The summed E-state index contributed by atoms with van der Waals surface area (Å²) in [6.07, 6.45) is 8.13. The molecule has 1 aliphatic carbocycles. The number of halogens is 1. The van der Waals surface area contributed by atoms with Gasteiger partial charge in [-0.05, 0) is 53.9 Å². The number of nitrogens with two attached hydrogens (primary N) is 1. The molecule has 1 aliphatic rings. The highest BCUT2D eigenvalue weighted by molar-refractivity contribution is 9.10. The molecule has 4 N–H and O–H groups in total. The van der Waals surface area contributed by atoms with Crippen molar-refractivity contribution in [3.05, 3.63) is 22.3 Å². The average Bonchev–Trinajstić information content (AvgIpc) is 2.48. The quantitative estimate of drug-likeness (QED) is 0.569. The van der Waals surface area contributed by atoms with Crippen LogP contribution in [0.2, 0.25) is 0 Å². The molecule has 1 aromatic heterocycles. The van der Waals surface area contributed by atoms with E-state index < -0.39 is 0 Å². The van der Waals surface area contributed by atoms with Crippen LogP contribution in [-0.2, 0) is 0 Å². The Hall–Kier alpha value is -0.790. The molecular weight excluding hydrogens is 340 g/mol. The first kappa shape index (κ1) is 15.6. The number of pyridine rings is 1. The number of hydrazine groups is 1. The van der Waals surface area contributed by atoms with Gasteiger partial charge in [-0.2, -0.15) is 11.8 Å². The fraction of sp³-hybridized carbons (Fsp3) is 0.538. The molecule has 1 heterocycles. The molecule has 0 saturated heterocycles. The summed E-state index contributed by atoms with van der Waals surface area (Å²) in [7, 11) is 0. The summed E-state index contributed by atoms with van der Waals surface area (Å²) in [5.74, 6) is 5.66. The first-order valence-electron chi connectivity index (χ1n) is 6.60. The zero-order valence-corrected chi connectivity index (χ0v) is 13.8. The lowest BCUT2D eigenvalue weighted by Gasteiger charge is -2.28.